The van der Waals surface area contributed by atoms with Crippen molar-refractivity contribution in [3.05, 3.63) is 37.2 Å². The highest BCUT2D eigenvalue weighted by molar-refractivity contribution is 5.30. The highest BCUT2D eigenvalue weighted by Gasteiger charge is 2.09. The summed E-state index contributed by atoms with van der Waals surface area (Å²) in [5, 5.41) is 6.80. The molecule has 3 heterocycles. The van der Waals surface area contributed by atoms with Crippen LogP contribution in [0.5, 0.6) is 11.8 Å². The van der Waals surface area contributed by atoms with Crippen LogP contribution in [-0.4, -0.2) is 41.7 Å². The molecular formula is C11H10N8O. The van der Waals surface area contributed by atoms with Crippen molar-refractivity contribution in [3.8, 4) is 17.7 Å². The van der Waals surface area contributed by atoms with Crippen molar-refractivity contribution >= 4 is 5.95 Å². The van der Waals surface area contributed by atoms with Crippen molar-refractivity contribution in [2.24, 2.45) is 0 Å². The van der Waals surface area contributed by atoms with E-state index in [1.807, 2.05) is 0 Å². The normalized spacial score (nSPS) is 10.2. The molecule has 9 nitrogen and oxygen atoms in total. The number of pyridine rings is 1. The summed E-state index contributed by atoms with van der Waals surface area (Å²) in [7, 11) is 1.70. The maximum absolute atomic E-state index is 5.53. The number of hydrogen-bond acceptors (Lipinski definition) is 8. The third-order valence-electron chi connectivity index (χ3n) is 2.29. The molecule has 0 radical (unpaired) electrons. The van der Waals surface area contributed by atoms with Gasteiger partial charge in [0.15, 0.2) is 0 Å². The second-order valence-electron chi connectivity index (χ2n) is 3.62. The van der Waals surface area contributed by atoms with Crippen LogP contribution in [0.2, 0.25) is 0 Å². The van der Waals surface area contributed by atoms with Crippen molar-refractivity contribution in [3.63, 3.8) is 0 Å². The van der Waals surface area contributed by atoms with Crippen LogP contribution in [0.3, 0.4) is 0 Å². The first-order valence-corrected chi connectivity index (χ1v) is 5.72. The van der Waals surface area contributed by atoms with Crippen LogP contribution in [0, 0.1) is 0 Å². The lowest BCUT2D eigenvalue weighted by molar-refractivity contribution is 0.436. The van der Waals surface area contributed by atoms with E-state index in [2.05, 4.69) is 35.3 Å². The summed E-state index contributed by atoms with van der Waals surface area (Å²) in [4.78, 5) is 20.3. The Balaban J connectivity index is 1.96. The molecule has 0 saturated carbocycles. The van der Waals surface area contributed by atoms with Gasteiger partial charge in [0.05, 0.1) is 6.20 Å². The van der Waals surface area contributed by atoms with Gasteiger partial charge in [-0.15, -0.1) is 0 Å². The van der Waals surface area contributed by atoms with Crippen LogP contribution in [0.1, 0.15) is 0 Å². The van der Waals surface area contributed by atoms with E-state index in [9.17, 15) is 0 Å². The smallest absolute Gasteiger partial charge is 0.328 e. The minimum Gasteiger partial charge on any atom is -0.422 e. The molecule has 0 atom stereocenters. The second-order valence-corrected chi connectivity index (χ2v) is 3.62. The molecule has 9 heteroatoms. The highest BCUT2D eigenvalue weighted by Crippen LogP contribution is 2.17. The van der Waals surface area contributed by atoms with Gasteiger partial charge in [-0.3, -0.25) is 4.98 Å². The molecule has 0 saturated heterocycles. The zero-order valence-corrected chi connectivity index (χ0v) is 10.5. The van der Waals surface area contributed by atoms with Crippen LogP contribution >= 0.6 is 0 Å². The van der Waals surface area contributed by atoms with Crippen molar-refractivity contribution in [1.29, 1.82) is 0 Å². The minimum absolute atomic E-state index is 0.142. The summed E-state index contributed by atoms with van der Waals surface area (Å²) in [6, 6.07) is 3.65. The SMILES string of the molecule is CNc1nc(Oc2cccnc2)nc(-n2cncn2)n1. The third kappa shape index (κ3) is 2.51. The quantitative estimate of drug-likeness (QED) is 0.738. The number of aromatic nitrogens is 7. The molecule has 0 amide bonds. The Labute approximate surface area is 113 Å². The van der Waals surface area contributed by atoms with Crippen molar-refractivity contribution in [1.82, 2.24) is 34.7 Å². The van der Waals surface area contributed by atoms with E-state index >= 15 is 0 Å². The van der Waals surface area contributed by atoms with E-state index in [0.29, 0.717) is 17.6 Å². The fraction of sp³-hybridized carbons (Fsp3) is 0.0909. The lowest BCUT2D eigenvalue weighted by Crippen LogP contribution is -2.08. The fourth-order valence-electron chi connectivity index (χ4n) is 1.43. The molecule has 0 fully saturated rings. The molecule has 0 aliphatic heterocycles. The zero-order valence-electron chi connectivity index (χ0n) is 10.5. The summed E-state index contributed by atoms with van der Waals surface area (Å²) in [5.74, 6) is 1.20. The van der Waals surface area contributed by atoms with E-state index in [1.165, 1.54) is 17.3 Å². The Kier molecular flexibility index (Phi) is 3.15. The van der Waals surface area contributed by atoms with Gasteiger partial charge >= 0.3 is 6.01 Å². The molecule has 0 aliphatic rings. The summed E-state index contributed by atoms with van der Waals surface area (Å²) in [5.41, 5.74) is 0. The monoisotopic (exact) mass is 270 g/mol. The van der Waals surface area contributed by atoms with E-state index in [1.54, 1.807) is 31.6 Å². The molecule has 0 aromatic carbocycles. The van der Waals surface area contributed by atoms with Gasteiger partial charge in [-0.05, 0) is 12.1 Å². The van der Waals surface area contributed by atoms with E-state index in [0.717, 1.165) is 0 Å². The summed E-state index contributed by atoms with van der Waals surface area (Å²) >= 11 is 0. The molecule has 1 N–H and O–H groups in total. The largest absolute Gasteiger partial charge is 0.422 e. The zero-order chi connectivity index (χ0) is 13.8. The number of anilines is 1. The average molecular weight is 270 g/mol. The molecule has 3 aromatic rings. The molecule has 0 spiro atoms. The Bertz CT molecular complexity index is 685. The van der Waals surface area contributed by atoms with Crippen molar-refractivity contribution in [2.75, 3.05) is 12.4 Å². The number of rotatable bonds is 4. The molecule has 0 bridgehead atoms. The molecular weight excluding hydrogens is 260 g/mol. The number of nitrogens with one attached hydrogen (secondary N) is 1. The van der Waals surface area contributed by atoms with Gasteiger partial charge in [0.2, 0.25) is 5.95 Å². The predicted octanol–water partition coefficient (Wildman–Crippen LogP) is 0.681. The summed E-state index contributed by atoms with van der Waals surface area (Å²) in [6.07, 6.45) is 6.10. The molecule has 100 valence electrons. The molecule has 0 aliphatic carbocycles. The second kappa shape index (κ2) is 5.26. The molecule has 3 aromatic heterocycles. The lowest BCUT2D eigenvalue weighted by Gasteiger charge is -2.06. The highest BCUT2D eigenvalue weighted by atomic mass is 16.5. The number of hydrogen-bond donors (Lipinski definition) is 1. The fourth-order valence-corrected chi connectivity index (χ4v) is 1.43. The Hall–Kier alpha value is -3.10. The van der Waals surface area contributed by atoms with Gasteiger partial charge in [-0.25, -0.2) is 4.98 Å². The minimum atomic E-state index is 0.142. The Morgan fingerprint density at radius 1 is 1.20 bits per heavy atom. The first-order valence-electron chi connectivity index (χ1n) is 5.72. The molecule has 3 rings (SSSR count). The van der Waals surface area contributed by atoms with Gasteiger partial charge in [0.25, 0.3) is 5.95 Å². The van der Waals surface area contributed by atoms with Gasteiger partial charge in [-0.1, -0.05) is 0 Å². The van der Waals surface area contributed by atoms with Gasteiger partial charge in [-0.2, -0.15) is 24.7 Å². The van der Waals surface area contributed by atoms with E-state index in [-0.39, 0.29) is 6.01 Å². The van der Waals surface area contributed by atoms with E-state index < -0.39 is 0 Å². The van der Waals surface area contributed by atoms with Crippen LogP contribution < -0.4 is 10.1 Å². The van der Waals surface area contributed by atoms with Gasteiger partial charge in [0.1, 0.15) is 18.4 Å². The third-order valence-corrected chi connectivity index (χ3v) is 2.29. The summed E-state index contributed by atoms with van der Waals surface area (Å²) < 4.78 is 6.95. The Morgan fingerprint density at radius 3 is 2.85 bits per heavy atom. The van der Waals surface area contributed by atoms with Crippen LogP contribution in [0.25, 0.3) is 5.95 Å². The number of ether oxygens (including phenoxy) is 1. The van der Waals surface area contributed by atoms with Crippen molar-refractivity contribution in [2.45, 2.75) is 0 Å². The van der Waals surface area contributed by atoms with Crippen LogP contribution in [-0.2, 0) is 0 Å². The maximum Gasteiger partial charge on any atom is 0.328 e. The van der Waals surface area contributed by atoms with Gasteiger partial charge < -0.3 is 10.1 Å². The van der Waals surface area contributed by atoms with Crippen LogP contribution in [0.15, 0.2) is 37.2 Å². The standard InChI is InChI=1S/C11H10N8O/c1-12-9-16-10(19-7-14-6-15-19)18-11(17-9)20-8-3-2-4-13-5-8/h2-7H,1H3,(H,12,16,17,18). The van der Waals surface area contributed by atoms with Crippen LogP contribution in [0.4, 0.5) is 5.95 Å². The first-order chi connectivity index (χ1) is 9.85. The Morgan fingerprint density at radius 2 is 2.15 bits per heavy atom. The average Bonchev–Trinajstić information content (AvgIpc) is 3.02. The number of nitrogens with zero attached hydrogens (tertiary/aromatic N) is 7. The van der Waals surface area contributed by atoms with E-state index in [4.69, 9.17) is 4.74 Å². The molecule has 20 heavy (non-hydrogen) atoms. The maximum atomic E-state index is 5.53. The van der Waals surface area contributed by atoms with Crippen molar-refractivity contribution < 1.29 is 4.74 Å². The van der Waals surface area contributed by atoms with Gasteiger partial charge in [0, 0.05) is 13.2 Å². The molecule has 0 unspecified atom stereocenters. The lowest BCUT2D eigenvalue weighted by atomic mass is 10.5. The first kappa shape index (κ1) is 12.0. The summed E-state index contributed by atoms with van der Waals surface area (Å²) in [6.45, 7) is 0. The topological polar surface area (TPSA) is 104 Å². The predicted molar refractivity (Wildman–Crippen MR) is 68.6 cm³/mol.